The topological polar surface area (TPSA) is 93.7 Å². The molecule has 7 nitrogen and oxygen atoms in total. The van der Waals surface area contributed by atoms with Crippen molar-refractivity contribution in [3.8, 4) is 11.5 Å². The Morgan fingerprint density at radius 2 is 2.00 bits per heavy atom. The van der Waals surface area contributed by atoms with Crippen LogP contribution in [0.4, 0.5) is 0 Å². The molecule has 1 fully saturated rings. The van der Waals surface area contributed by atoms with E-state index in [9.17, 15) is 13.2 Å². The van der Waals surface area contributed by atoms with Crippen molar-refractivity contribution in [2.45, 2.75) is 38.6 Å². The number of hydrogen-bond donors (Lipinski definition) is 2. The lowest BCUT2D eigenvalue weighted by molar-refractivity contribution is -0.114. The van der Waals surface area contributed by atoms with Crippen LogP contribution in [0, 0.1) is 0 Å². The molecular formula is C18H26N2O5S. The van der Waals surface area contributed by atoms with Gasteiger partial charge in [-0.25, -0.2) is 13.1 Å². The van der Waals surface area contributed by atoms with Gasteiger partial charge in [0.25, 0.3) is 5.91 Å². The van der Waals surface area contributed by atoms with Crippen molar-refractivity contribution in [3.63, 3.8) is 0 Å². The van der Waals surface area contributed by atoms with Crippen LogP contribution in [0.15, 0.2) is 24.3 Å². The number of carbonyl (C=O) groups excluding carboxylic acids is 1. The number of benzene rings is 1. The first kappa shape index (κ1) is 20.3. The van der Waals surface area contributed by atoms with E-state index in [1.807, 2.05) is 11.6 Å². The highest BCUT2D eigenvalue weighted by Gasteiger charge is 2.19. The quantitative estimate of drug-likeness (QED) is 0.635. The van der Waals surface area contributed by atoms with Crippen LogP contribution in [-0.4, -0.2) is 40.0 Å². The summed E-state index contributed by atoms with van der Waals surface area (Å²) in [6.07, 6.45) is 6.87. The number of carbonyl (C=O) groups is 1. The van der Waals surface area contributed by atoms with Crippen molar-refractivity contribution in [2.24, 2.45) is 0 Å². The Kier molecular flexibility index (Phi) is 7.47. The minimum atomic E-state index is -3.71. The second-order valence-corrected chi connectivity index (χ2v) is 7.81. The molecule has 1 amide bonds. The maximum absolute atomic E-state index is 12.0. The molecule has 144 valence electrons. The molecule has 0 heterocycles. The average Bonchev–Trinajstić information content (AvgIpc) is 3.13. The van der Waals surface area contributed by atoms with Crippen molar-refractivity contribution in [2.75, 3.05) is 19.6 Å². The molecule has 1 aliphatic rings. The molecule has 0 aromatic heterocycles. The lowest BCUT2D eigenvalue weighted by atomic mass is 10.2. The first-order valence-corrected chi connectivity index (χ1v) is 10.4. The molecule has 0 saturated heterocycles. The van der Waals surface area contributed by atoms with Gasteiger partial charge in [-0.05, 0) is 43.5 Å². The lowest BCUT2D eigenvalue weighted by Gasteiger charge is -2.12. The molecule has 1 aliphatic carbocycles. The van der Waals surface area contributed by atoms with Crippen molar-refractivity contribution < 1.29 is 22.7 Å². The van der Waals surface area contributed by atoms with Gasteiger partial charge in [-0.3, -0.25) is 10.1 Å². The highest BCUT2D eigenvalue weighted by Crippen LogP contribution is 2.28. The predicted octanol–water partition coefficient (Wildman–Crippen LogP) is 2.04. The van der Waals surface area contributed by atoms with Crippen LogP contribution in [0.25, 0.3) is 6.08 Å². The van der Waals surface area contributed by atoms with Gasteiger partial charge in [0, 0.05) is 12.1 Å². The number of nitrogens with one attached hydrogen (secondary N) is 2. The first-order chi connectivity index (χ1) is 12.4. The van der Waals surface area contributed by atoms with Gasteiger partial charge in [-0.1, -0.05) is 18.9 Å². The molecule has 1 aromatic rings. The monoisotopic (exact) mass is 382 g/mol. The third-order valence-electron chi connectivity index (χ3n) is 4.09. The first-order valence-electron chi connectivity index (χ1n) is 8.70. The van der Waals surface area contributed by atoms with Gasteiger partial charge in [-0.2, -0.15) is 0 Å². The van der Waals surface area contributed by atoms with Gasteiger partial charge in [-0.15, -0.1) is 0 Å². The van der Waals surface area contributed by atoms with Crippen LogP contribution in [0.3, 0.4) is 0 Å². The van der Waals surface area contributed by atoms with Crippen LogP contribution in [-0.2, 0) is 14.8 Å². The summed E-state index contributed by atoms with van der Waals surface area (Å²) < 4.78 is 36.6. The molecule has 0 spiro atoms. The highest BCUT2D eigenvalue weighted by molar-refractivity contribution is 7.90. The van der Waals surface area contributed by atoms with E-state index in [4.69, 9.17) is 9.47 Å². The van der Waals surface area contributed by atoms with Crippen LogP contribution in [0.2, 0.25) is 0 Å². The molecule has 0 unspecified atom stereocenters. The third kappa shape index (κ3) is 6.34. The van der Waals surface area contributed by atoms with E-state index in [1.54, 1.807) is 18.2 Å². The molecule has 0 bridgehead atoms. The zero-order valence-corrected chi connectivity index (χ0v) is 16.0. The van der Waals surface area contributed by atoms with Crippen molar-refractivity contribution in [3.05, 3.63) is 29.8 Å². The Morgan fingerprint density at radius 3 is 2.65 bits per heavy atom. The second kappa shape index (κ2) is 9.59. The standard InChI is InChI=1S/C18H26N2O5S/c1-3-25-16-10-8-14(12-17(16)24-2)9-11-18(21)20-26(22,23)13-19-15-6-4-5-7-15/h8-12,15,19H,3-7,13H2,1-2H3,(H,20,21). The van der Waals surface area contributed by atoms with E-state index < -0.39 is 15.9 Å². The van der Waals surface area contributed by atoms with Crippen LogP contribution in [0.1, 0.15) is 38.2 Å². The Balaban J connectivity index is 1.91. The molecule has 0 aliphatic heterocycles. The minimum absolute atomic E-state index is 0.216. The summed E-state index contributed by atoms with van der Waals surface area (Å²) in [5.74, 6) is 0.208. The molecule has 2 N–H and O–H groups in total. The summed E-state index contributed by atoms with van der Waals surface area (Å²) >= 11 is 0. The molecule has 26 heavy (non-hydrogen) atoms. The number of amides is 1. The Morgan fingerprint density at radius 1 is 1.27 bits per heavy atom. The van der Waals surface area contributed by atoms with E-state index in [0.717, 1.165) is 25.7 Å². The van der Waals surface area contributed by atoms with Crippen molar-refractivity contribution in [1.82, 2.24) is 10.0 Å². The van der Waals surface area contributed by atoms with Gasteiger partial charge in [0.05, 0.1) is 13.7 Å². The molecular weight excluding hydrogens is 356 g/mol. The van der Waals surface area contributed by atoms with Crippen LogP contribution < -0.4 is 19.5 Å². The maximum Gasteiger partial charge on any atom is 0.257 e. The Labute approximate surface area is 154 Å². The van der Waals surface area contributed by atoms with E-state index in [2.05, 4.69) is 5.32 Å². The Bertz CT molecular complexity index is 740. The van der Waals surface area contributed by atoms with Crippen LogP contribution in [0.5, 0.6) is 11.5 Å². The van der Waals surface area contributed by atoms with E-state index >= 15 is 0 Å². The highest BCUT2D eigenvalue weighted by atomic mass is 32.2. The number of rotatable bonds is 9. The summed E-state index contributed by atoms with van der Waals surface area (Å²) in [6.45, 7) is 2.39. The minimum Gasteiger partial charge on any atom is -0.493 e. The van der Waals surface area contributed by atoms with Gasteiger partial charge in [0.15, 0.2) is 11.5 Å². The average molecular weight is 382 g/mol. The molecule has 1 aromatic carbocycles. The van der Waals surface area contributed by atoms with Crippen molar-refractivity contribution in [1.29, 1.82) is 0 Å². The third-order valence-corrected chi connectivity index (χ3v) is 5.15. The SMILES string of the molecule is CCOc1ccc(C=CC(=O)NS(=O)(=O)CNC2CCCC2)cc1OC. The molecule has 1 saturated carbocycles. The van der Waals surface area contributed by atoms with Crippen molar-refractivity contribution >= 4 is 22.0 Å². The van der Waals surface area contributed by atoms with Gasteiger partial charge < -0.3 is 9.47 Å². The number of hydrogen-bond acceptors (Lipinski definition) is 6. The summed E-state index contributed by atoms with van der Waals surface area (Å²) in [6, 6.07) is 5.43. The fraction of sp³-hybridized carbons (Fsp3) is 0.500. The second-order valence-electron chi connectivity index (χ2n) is 6.09. The fourth-order valence-corrected chi connectivity index (χ4v) is 3.72. The lowest BCUT2D eigenvalue weighted by Crippen LogP contribution is -2.39. The number of methoxy groups -OCH3 is 1. The number of ether oxygens (including phenoxy) is 2. The van der Waals surface area contributed by atoms with E-state index in [0.29, 0.717) is 23.7 Å². The summed E-state index contributed by atoms with van der Waals surface area (Å²) in [7, 11) is -2.18. The van der Waals surface area contributed by atoms with E-state index in [-0.39, 0.29) is 11.9 Å². The zero-order chi connectivity index (χ0) is 19.0. The smallest absolute Gasteiger partial charge is 0.257 e. The molecule has 0 atom stereocenters. The maximum atomic E-state index is 12.0. The van der Waals surface area contributed by atoms with Gasteiger partial charge in [0.1, 0.15) is 5.88 Å². The fourth-order valence-electron chi connectivity index (χ4n) is 2.82. The van der Waals surface area contributed by atoms with Gasteiger partial charge in [0.2, 0.25) is 10.0 Å². The zero-order valence-electron chi connectivity index (χ0n) is 15.2. The predicted molar refractivity (Wildman–Crippen MR) is 101 cm³/mol. The van der Waals surface area contributed by atoms with Crippen LogP contribution >= 0.6 is 0 Å². The Hall–Kier alpha value is -2.06. The summed E-state index contributed by atoms with van der Waals surface area (Å²) in [4.78, 5) is 11.9. The molecule has 2 rings (SSSR count). The normalized spacial score (nSPS) is 15.3. The number of sulfonamides is 1. The summed E-state index contributed by atoms with van der Waals surface area (Å²) in [5, 5.41) is 2.98. The van der Waals surface area contributed by atoms with Gasteiger partial charge >= 0.3 is 0 Å². The largest absolute Gasteiger partial charge is 0.493 e. The molecule has 0 radical (unpaired) electrons. The summed E-state index contributed by atoms with van der Waals surface area (Å²) in [5.41, 5.74) is 0.696. The van der Waals surface area contributed by atoms with E-state index in [1.165, 1.54) is 19.3 Å². The molecule has 8 heteroatoms.